The maximum absolute atomic E-state index is 13.3. The van der Waals surface area contributed by atoms with E-state index in [-0.39, 0.29) is 23.2 Å². The van der Waals surface area contributed by atoms with Gasteiger partial charge in [-0.2, -0.15) is 0 Å². The topological polar surface area (TPSA) is 49.4 Å². The number of hydrogen-bond acceptors (Lipinski definition) is 3. The molecule has 0 unspecified atom stereocenters. The van der Waals surface area contributed by atoms with E-state index in [1.165, 1.54) is 23.5 Å². The molecule has 0 saturated carbocycles. The number of rotatable bonds is 1. The zero-order valence-electron chi connectivity index (χ0n) is 11.5. The molecule has 2 aliphatic rings. The van der Waals surface area contributed by atoms with Crippen LogP contribution in [0.15, 0.2) is 18.2 Å². The van der Waals surface area contributed by atoms with Crippen LogP contribution in [0.25, 0.3) is 10.1 Å². The third kappa shape index (κ3) is 2.01. The van der Waals surface area contributed by atoms with E-state index in [0.29, 0.717) is 39.5 Å². The Balaban J connectivity index is 1.59. The van der Waals surface area contributed by atoms with Crippen LogP contribution in [-0.4, -0.2) is 35.3 Å². The van der Waals surface area contributed by atoms with Crippen molar-refractivity contribution in [1.82, 2.24) is 10.2 Å². The number of nitrogens with zero attached hydrogens (tertiary/aromatic N) is 1. The number of halogens is 2. The van der Waals surface area contributed by atoms with Crippen LogP contribution in [0.4, 0.5) is 4.39 Å². The third-order valence-electron chi connectivity index (χ3n) is 4.30. The Labute approximate surface area is 134 Å². The van der Waals surface area contributed by atoms with E-state index in [0.717, 1.165) is 6.42 Å². The molecule has 0 atom stereocenters. The van der Waals surface area contributed by atoms with Crippen molar-refractivity contribution in [3.05, 3.63) is 33.9 Å². The number of hydrogen-bond donors (Lipinski definition) is 1. The first-order chi connectivity index (χ1) is 10.5. The average molecular weight is 339 g/mol. The molecule has 3 heterocycles. The summed E-state index contributed by atoms with van der Waals surface area (Å²) >= 11 is 7.48. The number of likely N-dealkylation sites (tertiary alicyclic amines) is 1. The van der Waals surface area contributed by atoms with Gasteiger partial charge in [0.2, 0.25) is 5.91 Å². The van der Waals surface area contributed by atoms with Crippen molar-refractivity contribution in [2.45, 2.75) is 18.4 Å². The highest BCUT2D eigenvalue weighted by molar-refractivity contribution is 7.21. The quantitative estimate of drug-likeness (QED) is 0.869. The van der Waals surface area contributed by atoms with Crippen molar-refractivity contribution in [1.29, 1.82) is 0 Å². The monoisotopic (exact) mass is 338 g/mol. The van der Waals surface area contributed by atoms with E-state index < -0.39 is 0 Å². The first kappa shape index (κ1) is 14.0. The number of benzene rings is 1. The fourth-order valence-electron chi connectivity index (χ4n) is 3.16. The lowest BCUT2D eigenvalue weighted by Gasteiger charge is -2.47. The van der Waals surface area contributed by atoms with Gasteiger partial charge in [0.25, 0.3) is 5.91 Å². The molecule has 2 fully saturated rings. The Bertz CT molecular complexity index is 813. The zero-order valence-corrected chi connectivity index (χ0v) is 13.1. The summed E-state index contributed by atoms with van der Waals surface area (Å²) in [4.78, 5) is 26.0. The van der Waals surface area contributed by atoms with E-state index in [1.54, 1.807) is 11.0 Å². The number of thiophene rings is 1. The van der Waals surface area contributed by atoms with E-state index in [9.17, 15) is 14.0 Å². The van der Waals surface area contributed by atoms with Crippen LogP contribution < -0.4 is 5.32 Å². The molecular weight excluding hydrogens is 327 g/mol. The molecule has 1 N–H and O–H groups in total. The Morgan fingerprint density at radius 3 is 2.86 bits per heavy atom. The molecule has 7 heteroatoms. The maximum Gasteiger partial charge on any atom is 0.265 e. The van der Waals surface area contributed by atoms with Gasteiger partial charge in [0.15, 0.2) is 0 Å². The minimum atomic E-state index is -0.346. The van der Waals surface area contributed by atoms with Crippen molar-refractivity contribution >= 4 is 44.8 Å². The summed E-state index contributed by atoms with van der Waals surface area (Å²) in [6.45, 7) is 1.02. The molecule has 2 saturated heterocycles. The van der Waals surface area contributed by atoms with Crippen molar-refractivity contribution in [2.24, 2.45) is 0 Å². The fourth-order valence-corrected chi connectivity index (χ4v) is 4.66. The second-order valence-corrected chi connectivity index (χ2v) is 7.31. The first-order valence-corrected chi connectivity index (χ1v) is 8.15. The van der Waals surface area contributed by atoms with Gasteiger partial charge in [-0.05, 0) is 24.6 Å². The van der Waals surface area contributed by atoms with E-state index in [2.05, 4.69) is 5.32 Å². The molecule has 4 rings (SSSR count). The molecule has 1 aromatic heterocycles. The number of carbonyl (C=O) groups excluding carboxylic acids is 2. The van der Waals surface area contributed by atoms with Crippen LogP contribution in [0.1, 0.15) is 22.5 Å². The molecule has 22 heavy (non-hydrogen) atoms. The largest absolute Gasteiger partial charge is 0.347 e. The Hall–Kier alpha value is -1.66. The van der Waals surface area contributed by atoms with Crippen LogP contribution >= 0.6 is 22.9 Å². The smallest absolute Gasteiger partial charge is 0.265 e. The second-order valence-electron chi connectivity index (χ2n) is 5.88. The van der Waals surface area contributed by atoms with E-state index in [1.807, 2.05) is 0 Å². The minimum Gasteiger partial charge on any atom is -0.347 e. The lowest BCUT2D eigenvalue weighted by Crippen LogP contribution is -2.68. The minimum absolute atomic E-state index is 0.0440. The first-order valence-electron chi connectivity index (χ1n) is 6.95. The van der Waals surface area contributed by atoms with Crippen molar-refractivity contribution < 1.29 is 14.0 Å². The highest BCUT2D eigenvalue weighted by Crippen LogP contribution is 2.39. The highest BCUT2D eigenvalue weighted by Gasteiger charge is 2.49. The summed E-state index contributed by atoms with van der Waals surface area (Å²) < 4.78 is 13.9. The van der Waals surface area contributed by atoms with E-state index in [4.69, 9.17) is 11.6 Å². The number of carbonyl (C=O) groups is 2. The normalized spacial score (nSPS) is 19.5. The molecule has 1 spiro atoms. The van der Waals surface area contributed by atoms with Crippen molar-refractivity contribution in [3.8, 4) is 0 Å². The van der Waals surface area contributed by atoms with Gasteiger partial charge in [-0.1, -0.05) is 11.6 Å². The number of nitrogens with one attached hydrogen (secondary N) is 1. The van der Waals surface area contributed by atoms with Gasteiger partial charge in [-0.3, -0.25) is 9.59 Å². The fraction of sp³-hybridized carbons (Fsp3) is 0.333. The summed E-state index contributed by atoms with van der Waals surface area (Å²) in [6, 6.07) is 4.31. The summed E-state index contributed by atoms with van der Waals surface area (Å²) in [5.41, 5.74) is -0.248. The molecule has 4 nitrogen and oxygen atoms in total. The predicted molar refractivity (Wildman–Crippen MR) is 82.8 cm³/mol. The Kier molecular flexibility index (Phi) is 2.96. The molecule has 2 aromatic rings. The maximum atomic E-state index is 13.3. The number of amides is 2. The summed E-state index contributed by atoms with van der Waals surface area (Å²) in [5, 5.41) is 4.01. The van der Waals surface area contributed by atoms with Gasteiger partial charge in [0.05, 0.1) is 10.6 Å². The van der Waals surface area contributed by atoms with Crippen LogP contribution in [0.5, 0.6) is 0 Å². The predicted octanol–water partition coefficient (Wildman–Crippen LogP) is 2.80. The van der Waals surface area contributed by atoms with Gasteiger partial charge in [-0.25, -0.2) is 4.39 Å². The third-order valence-corrected chi connectivity index (χ3v) is 5.94. The Morgan fingerprint density at radius 1 is 1.41 bits per heavy atom. The molecule has 0 radical (unpaired) electrons. The van der Waals surface area contributed by atoms with Gasteiger partial charge in [0.1, 0.15) is 10.7 Å². The van der Waals surface area contributed by atoms with Crippen molar-refractivity contribution in [2.75, 3.05) is 13.1 Å². The van der Waals surface area contributed by atoms with Gasteiger partial charge < -0.3 is 10.2 Å². The van der Waals surface area contributed by atoms with Crippen LogP contribution in [0.2, 0.25) is 5.02 Å². The summed E-state index contributed by atoms with van der Waals surface area (Å²) in [5.74, 6) is -0.457. The molecule has 0 aliphatic carbocycles. The molecule has 0 bridgehead atoms. The van der Waals surface area contributed by atoms with E-state index >= 15 is 0 Å². The average Bonchev–Trinajstić information content (AvgIpc) is 2.98. The van der Waals surface area contributed by atoms with Gasteiger partial charge in [-0.15, -0.1) is 11.3 Å². The lowest BCUT2D eigenvalue weighted by atomic mass is 9.88. The molecule has 2 amide bonds. The molecule has 1 aromatic carbocycles. The SMILES string of the molecule is O=C1CCC2(CN(C(=O)c3sc4cc(F)ccc4c3Cl)C2)N1. The van der Waals surface area contributed by atoms with Gasteiger partial charge in [0, 0.05) is 29.6 Å². The standard InChI is InChI=1S/C15H12ClFN2O2S/c16-12-9-2-1-8(17)5-10(9)22-13(12)14(21)19-6-15(7-19)4-3-11(20)18-15/h1-2,5H,3-4,6-7H2,(H,18,20). The van der Waals surface area contributed by atoms with Crippen LogP contribution in [-0.2, 0) is 4.79 Å². The zero-order chi connectivity index (χ0) is 15.5. The summed E-state index contributed by atoms with van der Waals surface area (Å²) in [6.07, 6.45) is 1.28. The highest BCUT2D eigenvalue weighted by atomic mass is 35.5. The van der Waals surface area contributed by atoms with Crippen LogP contribution in [0, 0.1) is 5.82 Å². The molecule has 2 aliphatic heterocycles. The molecular formula is C15H12ClFN2O2S. The Morgan fingerprint density at radius 2 is 2.18 bits per heavy atom. The summed E-state index contributed by atoms with van der Waals surface area (Å²) in [7, 11) is 0. The molecule has 114 valence electrons. The van der Waals surface area contributed by atoms with Gasteiger partial charge >= 0.3 is 0 Å². The second kappa shape index (κ2) is 4.67. The lowest BCUT2D eigenvalue weighted by molar-refractivity contribution is -0.120. The van der Waals surface area contributed by atoms with Crippen molar-refractivity contribution in [3.63, 3.8) is 0 Å². The van der Waals surface area contributed by atoms with Crippen LogP contribution in [0.3, 0.4) is 0 Å². The number of fused-ring (bicyclic) bond motifs is 1.